The van der Waals surface area contributed by atoms with Gasteiger partial charge in [0.1, 0.15) is 11.3 Å². The van der Waals surface area contributed by atoms with Crippen LogP contribution in [0.3, 0.4) is 0 Å². The zero-order chi connectivity index (χ0) is 15.0. The van der Waals surface area contributed by atoms with E-state index in [4.69, 9.17) is 10.2 Å². The van der Waals surface area contributed by atoms with Crippen molar-refractivity contribution in [2.45, 2.75) is 34.6 Å². The number of aryl methyl sites for hydroxylation is 1. The monoisotopic (exact) mass is 266 g/mol. The molecule has 0 fully saturated rings. The molecule has 1 aromatic heterocycles. The summed E-state index contributed by atoms with van der Waals surface area (Å²) in [6.45, 7) is 7.99. The average molecular weight is 266 g/mol. The van der Waals surface area contributed by atoms with Gasteiger partial charge in [-0.25, -0.2) is 0 Å². The highest BCUT2D eigenvalue weighted by atomic mass is 16.4. The summed E-state index contributed by atoms with van der Waals surface area (Å²) in [5.74, 6) is -1.31. The molecule has 104 valence electrons. The molecule has 0 aromatic carbocycles. The molecule has 3 N–H and O–H groups in total. The van der Waals surface area contributed by atoms with Gasteiger partial charge < -0.3 is 10.2 Å². The highest BCUT2D eigenvalue weighted by Crippen LogP contribution is 2.28. The van der Waals surface area contributed by atoms with E-state index in [-0.39, 0.29) is 34.5 Å². The van der Waals surface area contributed by atoms with Crippen LogP contribution in [0.25, 0.3) is 0 Å². The van der Waals surface area contributed by atoms with Crippen LogP contribution in [-0.2, 0) is 4.79 Å². The predicted octanol–water partition coefficient (Wildman–Crippen LogP) is 1.87. The molecule has 0 aliphatic carbocycles. The molecule has 1 aromatic rings. The van der Waals surface area contributed by atoms with Gasteiger partial charge in [0.25, 0.3) is 5.91 Å². The van der Waals surface area contributed by atoms with E-state index in [0.29, 0.717) is 0 Å². The Morgan fingerprint density at radius 1 is 1.16 bits per heavy atom. The van der Waals surface area contributed by atoms with Crippen molar-refractivity contribution in [3.63, 3.8) is 0 Å². The molecule has 1 heterocycles. The molecule has 1 rings (SSSR count). The van der Waals surface area contributed by atoms with E-state index in [1.54, 1.807) is 20.8 Å². The smallest absolute Gasteiger partial charge is 0.255 e. The SMILES string of the molecule is CC(=O)c1c(C)oc(NC(=O)C(C)(C)C)c1C(N)=O. The van der Waals surface area contributed by atoms with Gasteiger partial charge in [-0.2, -0.15) is 0 Å². The van der Waals surface area contributed by atoms with Crippen molar-refractivity contribution in [3.8, 4) is 0 Å². The summed E-state index contributed by atoms with van der Waals surface area (Å²) < 4.78 is 5.28. The average Bonchev–Trinajstić information content (AvgIpc) is 2.53. The lowest BCUT2D eigenvalue weighted by Crippen LogP contribution is -2.28. The fourth-order valence-corrected chi connectivity index (χ4v) is 1.58. The lowest BCUT2D eigenvalue weighted by molar-refractivity contribution is -0.123. The number of amides is 2. The molecule has 6 nitrogen and oxygen atoms in total. The van der Waals surface area contributed by atoms with Crippen molar-refractivity contribution in [2.24, 2.45) is 11.1 Å². The van der Waals surface area contributed by atoms with Gasteiger partial charge in [0.05, 0.1) is 5.56 Å². The molecule has 0 saturated heterocycles. The van der Waals surface area contributed by atoms with Crippen molar-refractivity contribution >= 4 is 23.5 Å². The van der Waals surface area contributed by atoms with Crippen LogP contribution in [0.2, 0.25) is 0 Å². The van der Waals surface area contributed by atoms with Gasteiger partial charge in [0, 0.05) is 5.41 Å². The van der Waals surface area contributed by atoms with E-state index < -0.39 is 11.3 Å². The topological polar surface area (TPSA) is 102 Å². The van der Waals surface area contributed by atoms with Gasteiger partial charge in [0.2, 0.25) is 11.8 Å². The number of carbonyl (C=O) groups excluding carboxylic acids is 3. The number of rotatable bonds is 3. The maximum absolute atomic E-state index is 11.9. The van der Waals surface area contributed by atoms with Crippen molar-refractivity contribution < 1.29 is 18.8 Å². The quantitative estimate of drug-likeness (QED) is 0.815. The minimum atomic E-state index is -0.814. The van der Waals surface area contributed by atoms with Crippen LogP contribution in [-0.4, -0.2) is 17.6 Å². The third-order valence-corrected chi connectivity index (χ3v) is 2.59. The number of nitrogens with one attached hydrogen (secondary N) is 1. The first-order valence-electron chi connectivity index (χ1n) is 5.81. The number of ketones is 1. The zero-order valence-electron chi connectivity index (χ0n) is 11.7. The van der Waals surface area contributed by atoms with E-state index in [0.717, 1.165) is 0 Å². The Morgan fingerprint density at radius 2 is 1.68 bits per heavy atom. The fraction of sp³-hybridized carbons (Fsp3) is 0.462. The molecule has 0 atom stereocenters. The molecule has 0 spiro atoms. The van der Waals surface area contributed by atoms with Crippen molar-refractivity contribution in [1.82, 2.24) is 0 Å². The van der Waals surface area contributed by atoms with Crippen LogP contribution >= 0.6 is 0 Å². The Kier molecular flexibility index (Phi) is 3.83. The van der Waals surface area contributed by atoms with Crippen LogP contribution < -0.4 is 11.1 Å². The fourth-order valence-electron chi connectivity index (χ4n) is 1.58. The summed E-state index contributed by atoms with van der Waals surface area (Å²) >= 11 is 0. The molecule has 0 radical (unpaired) electrons. The van der Waals surface area contributed by atoms with Gasteiger partial charge in [-0.15, -0.1) is 0 Å². The summed E-state index contributed by atoms with van der Waals surface area (Å²) in [5.41, 5.74) is 4.62. The first-order chi connectivity index (χ1) is 8.55. The summed E-state index contributed by atoms with van der Waals surface area (Å²) in [6.07, 6.45) is 0. The van der Waals surface area contributed by atoms with E-state index in [9.17, 15) is 14.4 Å². The number of furan rings is 1. The second-order valence-electron chi connectivity index (χ2n) is 5.36. The van der Waals surface area contributed by atoms with E-state index in [1.165, 1.54) is 13.8 Å². The highest BCUT2D eigenvalue weighted by molar-refractivity contribution is 6.12. The summed E-state index contributed by atoms with van der Waals surface area (Å²) in [6, 6.07) is 0. The Morgan fingerprint density at radius 3 is 2.05 bits per heavy atom. The minimum Gasteiger partial charge on any atom is -0.444 e. The highest BCUT2D eigenvalue weighted by Gasteiger charge is 2.29. The van der Waals surface area contributed by atoms with Crippen LogP contribution in [0.5, 0.6) is 0 Å². The first kappa shape index (κ1) is 14.9. The normalized spacial score (nSPS) is 11.2. The Bertz CT molecular complexity index is 550. The molecule has 0 aliphatic heterocycles. The minimum absolute atomic E-state index is 0.0740. The maximum Gasteiger partial charge on any atom is 0.255 e. The molecule has 19 heavy (non-hydrogen) atoms. The number of Topliss-reactive ketones (excluding diaryl/α,β-unsaturated/α-hetero) is 1. The molecular formula is C13H18N2O4. The van der Waals surface area contributed by atoms with Crippen LogP contribution in [0, 0.1) is 12.3 Å². The Balaban J connectivity index is 3.30. The zero-order valence-corrected chi connectivity index (χ0v) is 11.7. The Hall–Kier alpha value is -2.11. The lowest BCUT2D eigenvalue weighted by Gasteiger charge is -2.16. The van der Waals surface area contributed by atoms with E-state index in [1.807, 2.05) is 0 Å². The van der Waals surface area contributed by atoms with Crippen LogP contribution in [0.15, 0.2) is 4.42 Å². The second kappa shape index (κ2) is 4.87. The maximum atomic E-state index is 11.9. The summed E-state index contributed by atoms with van der Waals surface area (Å²) in [5, 5.41) is 2.49. The molecule has 0 unspecified atom stereocenters. The molecule has 0 aliphatic rings. The standard InChI is InChI=1S/C13H18N2O4/c1-6(16)8-7(2)19-11(9(8)10(14)17)15-12(18)13(3,4)5/h1-5H3,(H2,14,17)(H,15,18). The van der Waals surface area contributed by atoms with Crippen molar-refractivity contribution in [1.29, 1.82) is 0 Å². The molecule has 0 bridgehead atoms. The summed E-state index contributed by atoms with van der Waals surface area (Å²) in [7, 11) is 0. The number of primary amides is 1. The number of hydrogen-bond donors (Lipinski definition) is 2. The van der Waals surface area contributed by atoms with Gasteiger partial charge >= 0.3 is 0 Å². The van der Waals surface area contributed by atoms with Crippen molar-refractivity contribution in [3.05, 3.63) is 16.9 Å². The third kappa shape index (κ3) is 3.01. The second-order valence-corrected chi connectivity index (χ2v) is 5.36. The van der Waals surface area contributed by atoms with E-state index >= 15 is 0 Å². The van der Waals surface area contributed by atoms with E-state index in [2.05, 4.69) is 5.32 Å². The van der Waals surface area contributed by atoms with Gasteiger partial charge in [-0.3, -0.25) is 19.7 Å². The van der Waals surface area contributed by atoms with Crippen molar-refractivity contribution in [2.75, 3.05) is 5.32 Å². The van der Waals surface area contributed by atoms with Gasteiger partial charge in [0.15, 0.2) is 5.78 Å². The van der Waals surface area contributed by atoms with Gasteiger partial charge in [-0.05, 0) is 13.8 Å². The molecule has 2 amide bonds. The predicted molar refractivity (Wildman–Crippen MR) is 70.1 cm³/mol. The third-order valence-electron chi connectivity index (χ3n) is 2.59. The molecular weight excluding hydrogens is 248 g/mol. The summed E-state index contributed by atoms with van der Waals surface area (Å²) in [4.78, 5) is 34.8. The Labute approximate surface area is 111 Å². The van der Waals surface area contributed by atoms with Crippen LogP contribution in [0.1, 0.15) is 54.2 Å². The van der Waals surface area contributed by atoms with Crippen LogP contribution in [0.4, 0.5) is 5.88 Å². The molecule has 6 heteroatoms. The largest absolute Gasteiger partial charge is 0.444 e. The van der Waals surface area contributed by atoms with Gasteiger partial charge in [-0.1, -0.05) is 20.8 Å². The molecule has 0 saturated carbocycles. The number of anilines is 1. The first-order valence-corrected chi connectivity index (χ1v) is 5.81. The lowest BCUT2D eigenvalue weighted by atomic mass is 9.95. The number of nitrogens with two attached hydrogens (primary N) is 1. The number of hydrogen-bond acceptors (Lipinski definition) is 4. The number of carbonyl (C=O) groups is 3.